The molecule has 14 heavy (non-hydrogen) atoms. The Morgan fingerprint density at radius 3 is 2.64 bits per heavy atom. The van der Waals surface area contributed by atoms with Gasteiger partial charge in [0.1, 0.15) is 0 Å². The predicted molar refractivity (Wildman–Crippen MR) is 63.0 cm³/mol. The highest BCUT2D eigenvalue weighted by molar-refractivity contribution is 5.85. The molecule has 0 aliphatic carbocycles. The Morgan fingerprint density at radius 1 is 1.21 bits per heavy atom. The van der Waals surface area contributed by atoms with E-state index in [9.17, 15) is 0 Å². The average molecular weight is 212 g/mol. The number of benzene rings is 1. The van der Waals surface area contributed by atoms with Crippen molar-refractivity contribution in [3.8, 4) is 0 Å². The summed E-state index contributed by atoms with van der Waals surface area (Å²) in [4.78, 5) is 0. The van der Waals surface area contributed by atoms with Gasteiger partial charge in [-0.1, -0.05) is 30.7 Å². The van der Waals surface area contributed by atoms with Gasteiger partial charge in [-0.05, 0) is 37.4 Å². The van der Waals surface area contributed by atoms with Gasteiger partial charge >= 0.3 is 0 Å². The van der Waals surface area contributed by atoms with E-state index in [0.717, 1.165) is 0 Å². The highest BCUT2D eigenvalue weighted by Gasteiger charge is 2.15. The standard InChI is InChI=1S/C12H17N.ClH/c1-10-6-2-3-7-11(10)12-8-4-5-9-13-12;/h2-3,6-7,12-13H,4-5,8-9H2,1H3;1H/t12-;/m1./s1. The first kappa shape index (κ1) is 11.5. The maximum atomic E-state index is 3.58. The van der Waals surface area contributed by atoms with Gasteiger partial charge in [-0.25, -0.2) is 0 Å². The van der Waals surface area contributed by atoms with Gasteiger partial charge < -0.3 is 5.32 Å². The minimum atomic E-state index is 0. The van der Waals surface area contributed by atoms with Gasteiger partial charge in [-0.2, -0.15) is 0 Å². The van der Waals surface area contributed by atoms with Crippen LogP contribution in [0.3, 0.4) is 0 Å². The van der Waals surface area contributed by atoms with Crippen LogP contribution in [0.4, 0.5) is 0 Å². The molecule has 1 fully saturated rings. The van der Waals surface area contributed by atoms with Crippen molar-refractivity contribution >= 4 is 12.4 Å². The molecule has 1 atom stereocenters. The monoisotopic (exact) mass is 211 g/mol. The second kappa shape index (κ2) is 5.38. The van der Waals surface area contributed by atoms with E-state index in [-0.39, 0.29) is 12.4 Å². The third-order valence-electron chi connectivity index (χ3n) is 2.87. The van der Waals surface area contributed by atoms with Crippen LogP contribution in [0, 0.1) is 6.92 Å². The molecule has 0 saturated carbocycles. The lowest BCUT2D eigenvalue weighted by molar-refractivity contribution is 0.411. The minimum Gasteiger partial charge on any atom is -0.310 e. The fraction of sp³-hybridized carbons (Fsp3) is 0.500. The summed E-state index contributed by atoms with van der Waals surface area (Å²) in [5, 5.41) is 3.58. The van der Waals surface area contributed by atoms with Crippen molar-refractivity contribution in [2.24, 2.45) is 0 Å². The lowest BCUT2D eigenvalue weighted by Crippen LogP contribution is -2.27. The summed E-state index contributed by atoms with van der Waals surface area (Å²) in [5.74, 6) is 0. The zero-order valence-corrected chi connectivity index (χ0v) is 9.44. The summed E-state index contributed by atoms with van der Waals surface area (Å²) in [7, 11) is 0. The highest BCUT2D eigenvalue weighted by Crippen LogP contribution is 2.24. The normalized spacial score (nSPS) is 21.4. The maximum absolute atomic E-state index is 3.58. The summed E-state index contributed by atoms with van der Waals surface area (Å²) < 4.78 is 0. The van der Waals surface area contributed by atoms with Crippen LogP contribution in [0.1, 0.15) is 36.4 Å². The summed E-state index contributed by atoms with van der Waals surface area (Å²) in [6, 6.07) is 9.31. The van der Waals surface area contributed by atoms with Crippen molar-refractivity contribution in [3.05, 3.63) is 35.4 Å². The van der Waals surface area contributed by atoms with Crippen molar-refractivity contribution in [3.63, 3.8) is 0 Å². The van der Waals surface area contributed by atoms with Gasteiger partial charge in [-0.15, -0.1) is 12.4 Å². The smallest absolute Gasteiger partial charge is 0.0322 e. The van der Waals surface area contributed by atoms with Crippen LogP contribution in [0.5, 0.6) is 0 Å². The number of piperidine rings is 1. The van der Waals surface area contributed by atoms with E-state index in [0.29, 0.717) is 6.04 Å². The first-order valence-corrected chi connectivity index (χ1v) is 5.17. The Balaban J connectivity index is 0.000000980. The maximum Gasteiger partial charge on any atom is 0.0322 e. The minimum absolute atomic E-state index is 0. The fourth-order valence-electron chi connectivity index (χ4n) is 2.10. The Bertz CT molecular complexity index is 279. The largest absolute Gasteiger partial charge is 0.310 e. The second-order valence-electron chi connectivity index (χ2n) is 3.86. The van der Waals surface area contributed by atoms with Crippen LogP contribution in [-0.4, -0.2) is 6.54 Å². The average Bonchev–Trinajstić information content (AvgIpc) is 2.20. The zero-order chi connectivity index (χ0) is 9.10. The predicted octanol–water partition coefficient (Wildman–Crippen LogP) is 3.23. The molecule has 78 valence electrons. The van der Waals surface area contributed by atoms with E-state index in [2.05, 4.69) is 36.5 Å². The number of hydrogen-bond acceptors (Lipinski definition) is 1. The summed E-state index contributed by atoms with van der Waals surface area (Å²) >= 11 is 0. The Kier molecular flexibility index (Phi) is 4.43. The molecule has 0 unspecified atom stereocenters. The molecule has 0 amide bonds. The van der Waals surface area contributed by atoms with Crippen LogP contribution >= 0.6 is 12.4 Å². The summed E-state index contributed by atoms with van der Waals surface area (Å²) in [6.45, 7) is 3.38. The fourth-order valence-corrected chi connectivity index (χ4v) is 2.10. The second-order valence-corrected chi connectivity index (χ2v) is 3.86. The van der Waals surface area contributed by atoms with Gasteiger partial charge in [-0.3, -0.25) is 0 Å². The molecule has 1 heterocycles. The van der Waals surface area contributed by atoms with E-state index in [1.807, 2.05) is 0 Å². The van der Waals surface area contributed by atoms with E-state index in [1.54, 1.807) is 0 Å². The Hall–Kier alpha value is -0.530. The Morgan fingerprint density at radius 2 is 2.00 bits per heavy atom. The first-order valence-electron chi connectivity index (χ1n) is 5.17. The van der Waals surface area contributed by atoms with Crippen LogP contribution in [-0.2, 0) is 0 Å². The van der Waals surface area contributed by atoms with E-state index >= 15 is 0 Å². The van der Waals surface area contributed by atoms with Crippen LogP contribution in [0.25, 0.3) is 0 Å². The van der Waals surface area contributed by atoms with Crippen molar-refractivity contribution in [1.29, 1.82) is 0 Å². The lowest BCUT2D eigenvalue weighted by atomic mass is 9.94. The molecule has 0 bridgehead atoms. The topological polar surface area (TPSA) is 12.0 Å². The summed E-state index contributed by atoms with van der Waals surface area (Å²) in [5.41, 5.74) is 2.91. The number of halogens is 1. The SMILES string of the molecule is Cc1ccccc1[C@H]1CCCCN1.Cl. The van der Waals surface area contributed by atoms with Crippen LogP contribution in [0.2, 0.25) is 0 Å². The van der Waals surface area contributed by atoms with Crippen LogP contribution in [0.15, 0.2) is 24.3 Å². The highest BCUT2D eigenvalue weighted by atomic mass is 35.5. The molecule has 1 aromatic rings. The van der Waals surface area contributed by atoms with Crippen molar-refractivity contribution in [1.82, 2.24) is 5.32 Å². The van der Waals surface area contributed by atoms with Gasteiger partial charge in [0, 0.05) is 6.04 Å². The molecule has 1 N–H and O–H groups in total. The molecule has 1 saturated heterocycles. The molecule has 0 spiro atoms. The quantitative estimate of drug-likeness (QED) is 0.752. The zero-order valence-electron chi connectivity index (χ0n) is 8.62. The van der Waals surface area contributed by atoms with Crippen molar-refractivity contribution in [2.75, 3.05) is 6.54 Å². The third-order valence-corrected chi connectivity index (χ3v) is 2.87. The lowest BCUT2D eigenvalue weighted by Gasteiger charge is -2.25. The molecule has 1 aromatic carbocycles. The van der Waals surface area contributed by atoms with Gasteiger partial charge in [0.05, 0.1) is 0 Å². The first-order chi connectivity index (χ1) is 6.38. The Labute approximate surface area is 92.3 Å². The van der Waals surface area contributed by atoms with Crippen LogP contribution < -0.4 is 5.32 Å². The van der Waals surface area contributed by atoms with Gasteiger partial charge in [0.15, 0.2) is 0 Å². The van der Waals surface area contributed by atoms with Crippen molar-refractivity contribution in [2.45, 2.75) is 32.2 Å². The molecule has 0 aromatic heterocycles. The molecule has 1 nitrogen and oxygen atoms in total. The number of rotatable bonds is 1. The van der Waals surface area contributed by atoms with Gasteiger partial charge in [0.25, 0.3) is 0 Å². The van der Waals surface area contributed by atoms with Crippen molar-refractivity contribution < 1.29 is 0 Å². The summed E-state index contributed by atoms with van der Waals surface area (Å²) in [6.07, 6.45) is 4.00. The van der Waals surface area contributed by atoms with E-state index in [4.69, 9.17) is 0 Å². The number of hydrogen-bond donors (Lipinski definition) is 1. The van der Waals surface area contributed by atoms with E-state index < -0.39 is 0 Å². The third kappa shape index (κ3) is 2.49. The number of aryl methyl sites for hydroxylation is 1. The van der Waals surface area contributed by atoms with Gasteiger partial charge in [0.2, 0.25) is 0 Å². The number of nitrogens with one attached hydrogen (secondary N) is 1. The molecule has 2 rings (SSSR count). The molecule has 2 heteroatoms. The molecule has 1 aliphatic heterocycles. The molecular formula is C12H18ClN. The molecule has 0 radical (unpaired) electrons. The van der Waals surface area contributed by atoms with E-state index in [1.165, 1.54) is 36.9 Å². The molecule has 1 aliphatic rings. The molecular weight excluding hydrogens is 194 g/mol.